The van der Waals surface area contributed by atoms with Gasteiger partial charge in [0.1, 0.15) is 0 Å². The number of piperazine rings is 1. The number of hydrogen-bond acceptors (Lipinski definition) is 4. The fourth-order valence-electron chi connectivity index (χ4n) is 3.14. The van der Waals surface area contributed by atoms with Gasteiger partial charge in [0, 0.05) is 31.7 Å². The van der Waals surface area contributed by atoms with Crippen molar-refractivity contribution in [3.05, 3.63) is 0 Å². The maximum atomic E-state index is 10.1. The van der Waals surface area contributed by atoms with Crippen molar-refractivity contribution in [3.8, 4) is 0 Å². The summed E-state index contributed by atoms with van der Waals surface area (Å²) in [4.78, 5) is 4.94. The zero-order valence-electron chi connectivity index (χ0n) is 11.5. The Balaban J connectivity index is 2.04. The molecule has 4 heteroatoms. The lowest BCUT2D eigenvalue weighted by molar-refractivity contribution is -0.0506. The Bertz CT molecular complexity index is 272. The fourth-order valence-corrected chi connectivity index (χ4v) is 3.14. The first-order valence-electron chi connectivity index (χ1n) is 6.72. The number of ether oxygens (including phenoxy) is 1. The van der Waals surface area contributed by atoms with E-state index in [9.17, 15) is 5.11 Å². The van der Waals surface area contributed by atoms with E-state index in [4.69, 9.17) is 4.74 Å². The molecule has 0 aromatic rings. The van der Waals surface area contributed by atoms with Crippen LogP contribution in [-0.4, -0.2) is 71.5 Å². The maximum absolute atomic E-state index is 10.1. The summed E-state index contributed by atoms with van der Waals surface area (Å²) >= 11 is 0. The van der Waals surface area contributed by atoms with Crippen LogP contribution in [0, 0.1) is 0 Å². The van der Waals surface area contributed by atoms with E-state index in [0.29, 0.717) is 25.3 Å². The number of hydrogen-bond donors (Lipinski definition) is 1. The number of rotatable bonds is 2. The molecule has 3 atom stereocenters. The topological polar surface area (TPSA) is 35.9 Å². The molecule has 0 spiro atoms. The summed E-state index contributed by atoms with van der Waals surface area (Å²) in [5.41, 5.74) is -0.192. The van der Waals surface area contributed by atoms with Gasteiger partial charge in [-0.25, -0.2) is 0 Å². The van der Waals surface area contributed by atoms with Crippen LogP contribution in [0.1, 0.15) is 27.7 Å². The zero-order valence-corrected chi connectivity index (χ0v) is 11.5. The van der Waals surface area contributed by atoms with Gasteiger partial charge in [-0.1, -0.05) is 0 Å². The van der Waals surface area contributed by atoms with Gasteiger partial charge in [-0.05, 0) is 27.7 Å². The van der Waals surface area contributed by atoms with E-state index in [1.165, 1.54) is 0 Å². The summed E-state index contributed by atoms with van der Waals surface area (Å²) in [6, 6.07) is 1.09. The summed E-state index contributed by atoms with van der Waals surface area (Å²) in [6.07, 6.45) is -0.351. The molecule has 17 heavy (non-hydrogen) atoms. The Hall–Kier alpha value is -0.160. The van der Waals surface area contributed by atoms with Crippen molar-refractivity contribution in [2.45, 2.75) is 51.4 Å². The van der Waals surface area contributed by atoms with E-state index in [2.05, 4.69) is 37.5 Å². The first kappa shape index (κ1) is 13.3. The molecule has 0 amide bonds. The highest BCUT2D eigenvalue weighted by Crippen LogP contribution is 2.30. The van der Waals surface area contributed by atoms with E-state index >= 15 is 0 Å². The third kappa shape index (κ3) is 2.36. The SMILES string of the molecule is CC(C)N1CCN([C@@]2(C)COC[C@@H]2O)[C@H](C)C1. The number of aliphatic hydroxyl groups is 1. The molecule has 0 aromatic carbocycles. The van der Waals surface area contributed by atoms with E-state index < -0.39 is 0 Å². The van der Waals surface area contributed by atoms with Crippen LogP contribution in [0.25, 0.3) is 0 Å². The molecule has 0 saturated carbocycles. The lowest BCUT2D eigenvalue weighted by Gasteiger charge is -2.49. The maximum Gasteiger partial charge on any atom is 0.0976 e. The normalized spacial score (nSPS) is 41.3. The largest absolute Gasteiger partial charge is 0.389 e. The predicted octanol–water partition coefficient (Wildman–Crippen LogP) is 0.551. The van der Waals surface area contributed by atoms with Crippen LogP contribution >= 0.6 is 0 Å². The first-order valence-corrected chi connectivity index (χ1v) is 6.72. The molecule has 0 radical (unpaired) electrons. The molecule has 0 bridgehead atoms. The summed E-state index contributed by atoms with van der Waals surface area (Å²) in [5, 5.41) is 10.1. The van der Waals surface area contributed by atoms with Gasteiger partial charge in [0.15, 0.2) is 0 Å². The summed E-state index contributed by atoms with van der Waals surface area (Å²) in [5.74, 6) is 0. The average molecular weight is 242 g/mol. The van der Waals surface area contributed by atoms with Gasteiger partial charge >= 0.3 is 0 Å². The summed E-state index contributed by atoms with van der Waals surface area (Å²) in [6.45, 7) is 13.2. The van der Waals surface area contributed by atoms with Crippen LogP contribution in [0.2, 0.25) is 0 Å². The van der Waals surface area contributed by atoms with Gasteiger partial charge in [-0.15, -0.1) is 0 Å². The minimum atomic E-state index is -0.351. The van der Waals surface area contributed by atoms with Gasteiger partial charge in [-0.2, -0.15) is 0 Å². The second kappa shape index (κ2) is 4.84. The van der Waals surface area contributed by atoms with Crippen LogP contribution in [0.4, 0.5) is 0 Å². The Morgan fingerprint density at radius 3 is 2.53 bits per heavy atom. The summed E-state index contributed by atoms with van der Waals surface area (Å²) in [7, 11) is 0. The molecule has 2 rings (SSSR count). The van der Waals surface area contributed by atoms with E-state index in [1.807, 2.05) is 0 Å². The smallest absolute Gasteiger partial charge is 0.0976 e. The Morgan fingerprint density at radius 2 is 2.06 bits per heavy atom. The molecule has 4 nitrogen and oxygen atoms in total. The summed E-state index contributed by atoms with van der Waals surface area (Å²) < 4.78 is 5.44. The van der Waals surface area contributed by atoms with Crippen LogP contribution in [0.3, 0.4) is 0 Å². The molecule has 0 aliphatic carbocycles. The van der Waals surface area contributed by atoms with Gasteiger partial charge in [0.05, 0.1) is 24.9 Å². The molecule has 0 aromatic heterocycles. The molecule has 2 saturated heterocycles. The molecule has 1 N–H and O–H groups in total. The van der Waals surface area contributed by atoms with Gasteiger partial charge in [-0.3, -0.25) is 9.80 Å². The fraction of sp³-hybridized carbons (Fsp3) is 1.00. The Kier molecular flexibility index (Phi) is 3.78. The number of aliphatic hydroxyl groups excluding tert-OH is 1. The second-order valence-corrected chi connectivity index (χ2v) is 6.02. The van der Waals surface area contributed by atoms with Crippen molar-refractivity contribution < 1.29 is 9.84 Å². The van der Waals surface area contributed by atoms with Crippen molar-refractivity contribution in [1.82, 2.24) is 9.80 Å². The Labute approximate surface area is 105 Å². The highest BCUT2D eigenvalue weighted by Gasteiger charge is 2.46. The molecule has 2 fully saturated rings. The van der Waals surface area contributed by atoms with Crippen LogP contribution in [0.15, 0.2) is 0 Å². The molecular formula is C13H26N2O2. The first-order chi connectivity index (χ1) is 7.95. The van der Waals surface area contributed by atoms with Crippen molar-refractivity contribution >= 4 is 0 Å². The number of nitrogens with zero attached hydrogens (tertiary/aromatic N) is 2. The molecule has 0 unspecified atom stereocenters. The standard InChI is InChI=1S/C13H26N2O2/c1-10(2)14-5-6-15(11(3)7-14)13(4)9-17-8-12(13)16/h10-12,16H,5-9H2,1-4H3/t11-,12+,13+/m1/s1. The Morgan fingerprint density at radius 1 is 1.35 bits per heavy atom. The third-order valence-electron chi connectivity index (χ3n) is 4.43. The quantitative estimate of drug-likeness (QED) is 0.767. The van der Waals surface area contributed by atoms with Gasteiger partial charge < -0.3 is 9.84 Å². The van der Waals surface area contributed by atoms with Crippen molar-refractivity contribution in [3.63, 3.8) is 0 Å². The average Bonchev–Trinajstić information content (AvgIpc) is 2.59. The van der Waals surface area contributed by atoms with Crippen molar-refractivity contribution in [2.75, 3.05) is 32.8 Å². The lowest BCUT2D eigenvalue weighted by atomic mass is 9.92. The van der Waals surface area contributed by atoms with Crippen molar-refractivity contribution in [2.24, 2.45) is 0 Å². The minimum Gasteiger partial charge on any atom is -0.389 e. The highest BCUT2D eigenvalue weighted by molar-refractivity contribution is 5.01. The van der Waals surface area contributed by atoms with Crippen LogP contribution in [-0.2, 0) is 4.74 Å². The second-order valence-electron chi connectivity index (χ2n) is 6.02. The molecule has 100 valence electrons. The molecular weight excluding hydrogens is 216 g/mol. The van der Waals surface area contributed by atoms with E-state index in [0.717, 1.165) is 19.6 Å². The zero-order chi connectivity index (χ0) is 12.6. The van der Waals surface area contributed by atoms with E-state index in [-0.39, 0.29) is 11.6 Å². The predicted molar refractivity (Wildman–Crippen MR) is 68.1 cm³/mol. The third-order valence-corrected chi connectivity index (χ3v) is 4.43. The molecule has 2 aliphatic heterocycles. The van der Waals surface area contributed by atoms with E-state index in [1.54, 1.807) is 0 Å². The highest BCUT2D eigenvalue weighted by atomic mass is 16.5. The van der Waals surface area contributed by atoms with Crippen molar-refractivity contribution in [1.29, 1.82) is 0 Å². The van der Waals surface area contributed by atoms with Gasteiger partial charge in [0.2, 0.25) is 0 Å². The van der Waals surface area contributed by atoms with Gasteiger partial charge in [0.25, 0.3) is 0 Å². The van der Waals surface area contributed by atoms with Crippen LogP contribution in [0.5, 0.6) is 0 Å². The minimum absolute atomic E-state index is 0.192. The van der Waals surface area contributed by atoms with Crippen LogP contribution < -0.4 is 0 Å². The lowest BCUT2D eigenvalue weighted by Crippen LogP contribution is -2.64. The molecule has 2 aliphatic rings. The monoisotopic (exact) mass is 242 g/mol. The molecule has 2 heterocycles.